The Bertz CT molecular complexity index is 216. The summed E-state index contributed by atoms with van der Waals surface area (Å²) in [5.74, 6) is 0. The first kappa shape index (κ1) is 15.9. The highest BCUT2D eigenvalue weighted by molar-refractivity contribution is 4.94. The van der Waals surface area contributed by atoms with Gasteiger partial charge in [0, 0.05) is 45.0 Å². The Kier molecular flexibility index (Phi) is 7.15. The maximum atomic E-state index is 6.13. The monoisotopic (exact) mass is 258 g/mol. The van der Waals surface area contributed by atoms with Gasteiger partial charge >= 0.3 is 0 Å². The van der Waals surface area contributed by atoms with Gasteiger partial charge in [0.05, 0.1) is 6.61 Å². The van der Waals surface area contributed by atoms with Gasteiger partial charge in [-0.2, -0.15) is 0 Å². The second-order valence-corrected chi connectivity index (χ2v) is 5.34. The summed E-state index contributed by atoms with van der Waals surface area (Å²) in [6, 6.07) is 0.543. The fourth-order valence-electron chi connectivity index (χ4n) is 2.94. The number of nitrogens with two attached hydrogens (primary N) is 1. The van der Waals surface area contributed by atoms with Crippen LogP contribution in [0.1, 0.15) is 39.5 Å². The number of rotatable bonds is 7. The SMILES string of the molecule is CCC(C)N(CCOC)C1(CN)CCCOCC1. The molecule has 0 aliphatic carbocycles. The quantitative estimate of drug-likeness (QED) is 0.754. The van der Waals surface area contributed by atoms with Crippen molar-refractivity contribution in [2.75, 3.05) is 40.0 Å². The van der Waals surface area contributed by atoms with E-state index in [4.69, 9.17) is 15.2 Å². The van der Waals surface area contributed by atoms with E-state index < -0.39 is 0 Å². The molecule has 0 amide bonds. The average molecular weight is 258 g/mol. The highest BCUT2D eigenvalue weighted by Crippen LogP contribution is 2.30. The predicted molar refractivity (Wildman–Crippen MR) is 74.8 cm³/mol. The minimum absolute atomic E-state index is 0.102. The third kappa shape index (κ3) is 3.92. The van der Waals surface area contributed by atoms with Crippen LogP contribution in [0.15, 0.2) is 0 Å². The Balaban J connectivity index is 2.81. The van der Waals surface area contributed by atoms with Crippen LogP contribution in [-0.4, -0.2) is 56.5 Å². The van der Waals surface area contributed by atoms with Crippen molar-refractivity contribution in [1.82, 2.24) is 4.90 Å². The van der Waals surface area contributed by atoms with Crippen LogP contribution in [0.4, 0.5) is 0 Å². The van der Waals surface area contributed by atoms with Crippen LogP contribution in [0.3, 0.4) is 0 Å². The van der Waals surface area contributed by atoms with Crippen LogP contribution >= 0.6 is 0 Å². The van der Waals surface area contributed by atoms with Crippen LogP contribution in [-0.2, 0) is 9.47 Å². The summed E-state index contributed by atoms with van der Waals surface area (Å²) in [7, 11) is 1.76. The minimum atomic E-state index is 0.102. The van der Waals surface area contributed by atoms with Crippen LogP contribution in [0, 0.1) is 0 Å². The van der Waals surface area contributed by atoms with E-state index in [0.717, 1.165) is 52.0 Å². The van der Waals surface area contributed by atoms with Crippen molar-refractivity contribution in [3.05, 3.63) is 0 Å². The Morgan fingerprint density at radius 2 is 2.17 bits per heavy atom. The van der Waals surface area contributed by atoms with Gasteiger partial charge in [-0.05, 0) is 32.6 Å². The zero-order chi connectivity index (χ0) is 13.4. The summed E-state index contributed by atoms with van der Waals surface area (Å²) in [5, 5.41) is 0. The summed E-state index contributed by atoms with van der Waals surface area (Å²) in [5.41, 5.74) is 6.24. The summed E-state index contributed by atoms with van der Waals surface area (Å²) < 4.78 is 10.9. The van der Waals surface area contributed by atoms with E-state index >= 15 is 0 Å². The fourth-order valence-corrected chi connectivity index (χ4v) is 2.94. The molecule has 1 saturated heterocycles. The Labute approximate surface area is 112 Å². The molecule has 2 atom stereocenters. The highest BCUT2D eigenvalue weighted by atomic mass is 16.5. The smallest absolute Gasteiger partial charge is 0.0590 e. The molecule has 1 rings (SSSR count). The first-order valence-electron chi connectivity index (χ1n) is 7.23. The van der Waals surface area contributed by atoms with Gasteiger partial charge in [-0.15, -0.1) is 0 Å². The van der Waals surface area contributed by atoms with Crippen molar-refractivity contribution in [3.8, 4) is 0 Å². The fraction of sp³-hybridized carbons (Fsp3) is 1.00. The molecule has 0 aromatic carbocycles. The maximum absolute atomic E-state index is 6.13. The zero-order valence-corrected chi connectivity index (χ0v) is 12.3. The summed E-state index contributed by atoms with van der Waals surface area (Å²) >= 11 is 0. The molecule has 4 nitrogen and oxygen atoms in total. The van der Waals surface area contributed by atoms with Crippen molar-refractivity contribution < 1.29 is 9.47 Å². The van der Waals surface area contributed by atoms with Crippen LogP contribution < -0.4 is 5.73 Å². The third-order valence-corrected chi connectivity index (χ3v) is 4.29. The lowest BCUT2D eigenvalue weighted by Crippen LogP contribution is -2.58. The van der Waals surface area contributed by atoms with Crippen molar-refractivity contribution in [2.24, 2.45) is 5.73 Å². The van der Waals surface area contributed by atoms with E-state index in [1.807, 2.05) is 0 Å². The van der Waals surface area contributed by atoms with E-state index in [9.17, 15) is 0 Å². The largest absolute Gasteiger partial charge is 0.383 e. The lowest BCUT2D eigenvalue weighted by molar-refractivity contribution is 0.0133. The van der Waals surface area contributed by atoms with E-state index in [1.54, 1.807) is 7.11 Å². The van der Waals surface area contributed by atoms with Gasteiger partial charge < -0.3 is 15.2 Å². The zero-order valence-electron chi connectivity index (χ0n) is 12.3. The standard InChI is InChI=1S/C14H30N2O2/c1-4-13(2)16(8-11-17-3)14(12-15)6-5-9-18-10-7-14/h13H,4-12,15H2,1-3H3. The maximum Gasteiger partial charge on any atom is 0.0590 e. The number of ether oxygens (including phenoxy) is 2. The van der Waals surface area contributed by atoms with Gasteiger partial charge in [0.2, 0.25) is 0 Å². The minimum Gasteiger partial charge on any atom is -0.383 e. The van der Waals surface area contributed by atoms with Gasteiger partial charge in [-0.1, -0.05) is 6.92 Å². The first-order valence-corrected chi connectivity index (χ1v) is 7.23. The molecule has 18 heavy (non-hydrogen) atoms. The molecule has 0 saturated carbocycles. The second kappa shape index (κ2) is 8.10. The van der Waals surface area contributed by atoms with Crippen LogP contribution in [0.5, 0.6) is 0 Å². The van der Waals surface area contributed by atoms with E-state index in [1.165, 1.54) is 0 Å². The summed E-state index contributed by atoms with van der Waals surface area (Å²) in [6.07, 6.45) is 4.43. The lowest BCUT2D eigenvalue weighted by Gasteiger charge is -2.46. The molecule has 4 heteroatoms. The topological polar surface area (TPSA) is 47.7 Å². The molecule has 0 aromatic heterocycles. The molecule has 0 radical (unpaired) electrons. The second-order valence-electron chi connectivity index (χ2n) is 5.34. The molecule has 108 valence electrons. The lowest BCUT2D eigenvalue weighted by atomic mass is 9.86. The van der Waals surface area contributed by atoms with Gasteiger partial charge in [0.15, 0.2) is 0 Å². The van der Waals surface area contributed by atoms with Gasteiger partial charge in [0.1, 0.15) is 0 Å². The van der Waals surface area contributed by atoms with Gasteiger partial charge in [-0.3, -0.25) is 4.90 Å². The molecule has 0 bridgehead atoms. The van der Waals surface area contributed by atoms with E-state index in [-0.39, 0.29) is 5.54 Å². The molecule has 1 aliphatic heterocycles. The normalized spacial score (nSPS) is 27.2. The average Bonchev–Trinajstić information content (AvgIpc) is 2.65. The summed E-state index contributed by atoms with van der Waals surface area (Å²) in [4.78, 5) is 2.56. The van der Waals surface area contributed by atoms with Crippen molar-refractivity contribution in [3.63, 3.8) is 0 Å². The molecule has 1 aliphatic rings. The summed E-state index contributed by atoms with van der Waals surface area (Å²) in [6.45, 7) is 8.68. The molecular formula is C14H30N2O2. The predicted octanol–water partition coefficient (Wildman–Crippen LogP) is 1.63. The molecular weight excluding hydrogens is 228 g/mol. The molecule has 0 spiro atoms. The highest BCUT2D eigenvalue weighted by Gasteiger charge is 2.37. The first-order chi connectivity index (χ1) is 8.70. The number of hydrogen-bond acceptors (Lipinski definition) is 4. The number of nitrogens with zero attached hydrogens (tertiary/aromatic N) is 1. The number of methoxy groups -OCH3 is 1. The Morgan fingerprint density at radius 1 is 1.39 bits per heavy atom. The van der Waals surface area contributed by atoms with Crippen molar-refractivity contribution >= 4 is 0 Å². The van der Waals surface area contributed by atoms with Gasteiger partial charge in [0.25, 0.3) is 0 Å². The van der Waals surface area contributed by atoms with Crippen LogP contribution in [0.25, 0.3) is 0 Å². The van der Waals surface area contributed by atoms with E-state index in [2.05, 4.69) is 18.7 Å². The number of hydrogen-bond donors (Lipinski definition) is 1. The molecule has 2 unspecified atom stereocenters. The molecule has 0 aromatic rings. The molecule has 1 fully saturated rings. The van der Waals surface area contributed by atoms with Crippen LogP contribution in [0.2, 0.25) is 0 Å². The molecule has 1 heterocycles. The van der Waals surface area contributed by atoms with Gasteiger partial charge in [-0.25, -0.2) is 0 Å². The molecule has 2 N–H and O–H groups in total. The Morgan fingerprint density at radius 3 is 2.78 bits per heavy atom. The third-order valence-electron chi connectivity index (χ3n) is 4.29. The van der Waals surface area contributed by atoms with Crippen molar-refractivity contribution in [2.45, 2.75) is 51.1 Å². The van der Waals surface area contributed by atoms with Crippen molar-refractivity contribution in [1.29, 1.82) is 0 Å². The Hall–Kier alpha value is -0.160. The van der Waals surface area contributed by atoms with E-state index in [0.29, 0.717) is 12.6 Å².